The maximum absolute atomic E-state index is 11.7. The van der Waals surface area contributed by atoms with Gasteiger partial charge in [0.15, 0.2) is 0 Å². The number of rotatable bonds is 1. The van der Waals surface area contributed by atoms with Crippen LogP contribution in [-0.4, -0.2) is 36.1 Å². The molecule has 0 spiro atoms. The minimum atomic E-state index is -0.192. The Balaban J connectivity index is 1.92. The van der Waals surface area contributed by atoms with E-state index in [4.69, 9.17) is 4.74 Å². The Hall–Kier alpha value is -0.570. The quantitative estimate of drug-likeness (QED) is 0.560. The topological polar surface area (TPSA) is 29.5 Å². The van der Waals surface area contributed by atoms with Gasteiger partial charge >= 0.3 is 5.97 Å². The maximum atomic E-state index is 11.7. The Morgan fingerprint density at radius 2 is 2.46 bits per heavy atom. The summed E-state index contributed by atoms with van der Waals surface area (Å²) in [4.78, 5) is 14.1. The van der Waals surface area contributed by atoms with Crippen molar-refractivity contribution in [2.75, 3.05) is 13.7 Å². The number of hydrogen-bond acceptors (Lipinski definition) is 3. The van der Waals surface area contributed by atoms with Gasteiger partial charge in [-0.25, -0.2) is 0 Å². The number of fused-ring (bicyclic) bond motifs is 3. The lowest BCUT2D eigenvalue weighted by atomic mass is 9.92. The Morgan fingerprint density at radius 1 is 1.62 bits per heavy atom. The van der Waals surface area contributed by atoms with Gasteiger partial charge in [-0.15, -0.1) is 0 Å². The van der Waals surface area contributed by atoms with Crippen molar-refractivity contribution in [1.82, 2.24) is 4.90 Å². The molecule has 0 aromatic heterocycles. The SMILES string of the molecule is COC(=O)C12CCCN1[C@@H]1C[C@@H]1C2. The smallest absolute Gasteiger partial charge is 0.326 e. The molecule has 1 unspecified atom stereocenters. The van der Waals surface area contributed by atoms with Crippen LogP contribution in [0.15, 0.2) is 0 Å². The maximum Gasteiger partial charge on any atom is 0.326 e. The highest BCUT2D eigenvalue weighted by atomic mass is 16.5. The summed E-state index contributed by atoms with van der Waals surface area (Å²) in [6, 6.07) is 0.724. The van der Waals surface area contributed by atoms with E-state index in [9.17, 15) is 4.79 Å². The summed E-state index contributed by atoms with van der Waals surface area (Å²) < 4.78 is 4.93. The van der Waals surface area contributed by atoms with Crippen LogP contribution in [0.1, 0.15) is 25.7 Å². The van der Waals surface area contributed by atoms with Crippen molar-refractivity contribution >= 4 is 5.97 Å². The van der Waals surface area contributed by atoms with Gasteiger partial charge in [0.2, 0.25) is 0 Å². The average molecular weight is 181 g/mol. The van der Waals surface area contributed by atoms with E-state index >= 15 is 0 Å². The van der Waals surface area contributed by atoms with Gasteiger partial charge in [0.05, 0.1) is 7.11 Å². The molecule has 72 valence electrons. The molecule has 3 atom stereocenters. The molecule has 3 nitrogen and oxygen atoms in total. The second kappa shape index (κ2) is 2.27. The van der Waals surface area contributed by atoms with E-state index in [0.29, 0.717) is 0 Å². The van der Waals surface area contributed by atoms with Crippen molar-refractivity contribution in [2.45, 2.75) is 37.3 Å². The summed E-state index contributed by atoms with van der Waals surface area (Å²) in [7, 11) is 1.51. The lowest BCUT2D eigenvalue weighted by Gasteiger charge is -2.31. The number of esters is 1. The van der Waals surface area contributed by atoms with Crippen LogP contribution in [0.4, 0.5) is 0 Å². The summed E-state index contributed by atoms with van der Waals surface area (Å²) in [6.45, 7) is 1.11. The number of methoxy groups -OCH3 is 1. The Labute approximate surface area is 78.0 Å². The molecule has 0 aromatic rings. The highest BCUT2D eigenvalue weighted by molar-refractivity contribution is 5.82. The lowest BCUT2D eigenvalue weighted by molar-refractivity contribution is -0.152. The Bertz CT molecular complexity index is 266. The van der Waals surface area contributed by atoms with Crippen LogP contribution < -0.4 is 0 Å². The van der Waals surface area contributed by atoms with Gasteiger partial charge in [0.25, 0.3) is 0 Å². The zero-order valence-corrected chi connectivity index (χ0v) is 7.95. The van der Waals surface area contributed by atoms with Gasteiger partial charge in [0.1, 0.15) is 5.54 Å². The molecule has 1 aliphatic carbocycles. The third-order valence-corrected chi connectivity index (χ3v) is 3.99. The number of ether oxygens (including phenoxy) is 1. The van der Waals surface area contributed by atoms with Crippen LogP contribution in [-0.2, 0) is 9.53 Å². The van der Waals surface area contributed by atoms with Gasteiger partial charge in [-0.3, -0.25) is 9.69 Å². The summed E-state index contributed by atoms with van der Waals surface area (Å²) >= 11 is 0. The Kier molecular flexibility index (Phi) is 1.36. The van der Waals surface area contributed by atoms with Crippen LogP contribution in [0.5, 0.6) is 0 Å². The molecule has 3 aliphatic rings. The van der Waals surface area contributed by atoms with E-state index in [1.54, 1.807) is 0 Å². The van der Waals surface area contributed by atoms with Gasteiger partial charge < -0.3 is 4.74 Å². The number of nitrogens with zero attached hydrogens (tertiary/aromatic N) is 1. The number of piperidine rings is 1. The highest BCUT2D eigenvalue weighted by Gasteiger charge is 2.64. The van der Waals surface area contributed by atoms with Crippen LogP contribution in [0.25, 0.3) is 0 Å². The number of hydrogen-bond donors (Lipinski definition) is 0. The Morgan fingerprint density at radius 3 is 3.23 bits per heavy atom. The standard InChI is InChI=1S/C10H15NO2/c1-13-9(12)10-3-2-4-11(10)8-5-7(8)6-10/h7-8H,2-6H2,1H3/t7-,8-,10?/m1/s1. The van der Waals surface area contributed by atoms with Crippen LogP contribution in [0.2, 0.25) is 0 Å². The van der Waals surface area contributed by atoms with Gasteiger partial charge in [-0.2, -0.15) is 0 Å². The molecule has 13 heavy (non-hydrogen) atoms. The third-order valence-electron chi connectivity index (χ3n) is 3.99. The van der Waals surface area contributed by atoms with Crippen LogP contribution >= 0.6 is 0 Å². The zero-order chi connectivity index (χ0) is 9.05. The van der Waals surface area contributed by atoms with Crippen molar-refractivity contribution in [3.05, 3.63) is 0 Å². The fraction of sp³-hybridized carbons (Fsp3) is 0.900. The molecule has 0 bridgehead atoms. The van der Waals surface area contributed by atoms with E-state index in [1.807, 2.05) is 0 Å². The largest absolute Gasteiger partial charge is 0.468 e. The second-order valence-corrected chi connectivity index (χ2v) is 4.59. The molecular weight excluding hydrogens is 166 g/mol. The predicted molar refractivity (Wildman–Crippen MR) is 47.2 cm³/mol. The fourth-order valence-corrected chi connectivity index (χ4v) is 3.36. The second-order valence-electron chi connectivity index (χ2n) is 4.59. The molecule has 2 saturated heterocycles. The molecule has 0 N–H and O–H groups in total. The van der Waals surface area contributed by atoms with Gasteiger partial charge in [-0.05, 0) is 38.1 Å². The van der Waals surface area contributed by atoms with Crippen molar-refractivity contribution in [2.24, 2.45) is 5.92 Å². The molecule has 2 aliphatic heterocycles. The summed E-state index contributed by atoms with van der Waals surface area (Å²) in [5.74, 6) is 0.816. The predicted octanol–water partition coefficient (Wildman–Crippen LogP) is 0.786. The minimum Gasteiger partial charge on any atom is -0.468 e. The molecule has 3 rings (SSSR count). The van der Waals surface area contributed by atoms with Crippen LogP contribution in [0.3, 0.4) is 0 Å². The van der Waals surface area contributed by atoms with E-state index in [2.05, 4.69) is 4.90 Å². The zero-order valence-electron chi connectivity index (χ0n) is 7.95. The van der Waals surface area contributed by atoms with Crippen LogP contribution in [0, 0.1) is 5.92 Å². The molecule has 3 heteroatoms. The van der Waals surface area contributed by atoms with Crippen molar-refractivity contribution in [1.29, 1.82) is 0 Å². The average Bonchev–Trinajstić information content (AvgIpc) is 2.62. The molecular formula is C10H15NO2. The first-order valence-corrected chi connectivity index (χ1v) is 5.13. The van der Waals surface area contributed by atoms with Gasteiger partial charge in [-0.1, -0.05) is 0 Å². The molecule has 0 aromatic carbocycles. The first kappa shape index (κ1) is 7.80. The lowest BCUT2D eigenvalue weighted by Crippen LogP contribution is -2.48. The summed E-state index contributed by atoms with van der Waals surface area (Å²) in [5, 5.41) is 0. The molecule has 0 radical (unpaired) electrons. The fourth-order valence-electron chi connectivity index (χ4n) is 3.36. The van der Waals surface area contributed by atoms with Crippen molar-refractivity contribution < 1.29 is 9.53 Å². The summed E-state index contributed by atoms with van der Waals surface area (Å²) in [5.41, 5.74) is -0.192. The van der Waals surface area contributed by atoms with E-state index in [-0.39, 0.29) is 11.5 Å². The van der Waals surface area contributed by atoms with Crippen molar-refractivity contribution in [3.8, 4) is 0 Å². The molecule has 2 heterocycles. The molecule has 1 saturated carbocycles. The monoisotopic (exact) mass is 181 g/mol. The third kappa shape index (κ3) is 0.810. The van der Waals surface area contributed by atoms with E-state index in [1.165, 1.54) is 20.0 Å². The first-order valence-electron chi connectivity index (χ1n) is 5.13. The molecule has 0 amide bonds. The highest BCUT2D eigenvalue weighted by Crippen LogP contribution is 2.57. The number of carbonyl (C=O) groups excluding carboxylic acids is 1. The minimum absolute atomic E-state index is 0.0113. The van der Waals surface area contributed by atoms with Gasteiger partial charge in [0, 0.05) is 6.04 Å². The van der Waals surface area contributed by atoms with Crippen molar-refractivity contribution in [3.63, 3.8) is 0 Å². The normalized spacial score (nSPS) is 47.2. The summed E-state index contributed by atoms with van der Waals surface area (Å²) in [6.07, 6.45) is 4.56. The van der Waals surface area contributed by atoms with E-state index < -0.39 is 0 Å². The molecule has 3 fully saturated rings. The first-order chi connectivity index (χ1) is 6.28. The number of carbonyl (C=O) groups is 1. The van der Waals surface area contributed by atoms with E-state index in [0.717, 1.165) is 31.3 Å².